The van der Waals surface area contributed by atoms with Gasteiger partial charge in [-0.3, -0.25) is 4.98 Å². The Hall–Kier alpha value is -1.15. The summed E-state index contributed by atoms with van der Waals surface area (Å²) in [4.78, 5) is 3.99. The zero-order chi connectivity index (χ0) is 9.80. The minimum atomic E-state index is 0.788. The topological polar surface area (TPSA) is 24.9 Å². The van der Waals surface area contributed by atoms with Gasteiger partial charge < -0.3 is 5.32 Å². The molecule has 0 aliphatic heterocycles. The SMILES string of the molecule is CC(=Cc1ccncc1)CNC1CC1. The van der Waals surface area contributed by atoms with Crippen LogP contribution in [0.2, 0.25) is 0 Å². The van der Waals surface area contributed by atoms with Crippen molar-refractivity contribution in [1.82, 2.24) is 10.3 Å². The van der Waals surface area contributed by atoms with Crippen LogP contribution in [0.15, 0.2) is 30.1 Å². The zero-order valence-corrected chi connectivity index (χ0v) is 8.53. The van der Waals surface area contributed by atoms with Gasteiger partial charge in [0.1, 0.15) is 0 Å². The number of rotatable bonds is 4. The summed E-state index contributed by atoms with van der Waals surface area (Å²) < 4.78 is 0. The second-order valence-corrected chi connectivity index (χ2v) is 3.93. The van der Waals surface area contributed by atoms with Crippen LogP contribution in [0.25, 0.3) is 6.08 Å². The van der Waals surface area contributed by atoms with Gasteiger partial charge in [-0.05, 0) is 37.5 Å². The van der Waals surface area contributed by atoms with Gasteiger partial charge in [-0.15, -0.1) is 0 Å². The van der Waals surface area contributed by atoms with E-state index in [0.717, 1.165) is 12.6 Å². The summed E-state index contributed by atoms with van der Waals surface area (Å²) in [6, 6.07) is 4.84. The lowest BCUT2D eigenvalue weighted by atomic mass is 10.2. The molecule has 2 rings (SSSR count). The van der Waals surface area contributed by atoms with Gasteiger partial charge in [0.25, 0.3) is 0 Å². The van der Waals surface area contributed by atoms with Crippen molar-refractivity contribution < 1.29 is 0 Å². The molecule has 2 nitrogen and oxygen atoms in total. The quantitative estimate of drug-likeness (QED) is 0.783. The van der Waals surface area contributed by atoms with Crippen LogP contribution < -0.4 is 5.32 Å². The average molecular weight is 188 g/mol. The van der Waals surface area contributed by atoms with E-state index in [0.29, 0.717) is 0 Å². The molecule has 1 aliphatic carbocycles. The van der Waals surface area contributed by atoms with Crippen molar-refractivity contribution in [2.24, 2.45) is 0 Å². The molecular weight excluding hydrogens is 172 g/mol. The molecule has 74 valence electrons. The fourth-order valence-electron chi connectivity index (χ4n) is 1.39. The van der Waals surface area contributed by atoms with E-state index in [1.165, 1.54) is 24.0 Å². The van der Waals surface area contributed by atoms with Crippen LogP contribution in [0.3, 0.4) is 0 Å². The van der Waals surface area contributed by atoms with Gasteiger partial charge >= 0.3 is 0 Å². The molecule has 1 saturated carbocycles. The molecule has 2 heteroatoms. The first kappa shape index (κ1) is 9.41. The Morgan fingerprint density at radius 2 is 2.21 bits per heavy atom. The molecule has 1 fully saturated rings. The Kier molecular flexibility index (Phi) is 2.94. The maximum absolute atomic E-state index is 3.99. The van der Waals surface area contributed by atoms with Crippen molar-refractivity contribution in [2.75, 3.05) is 6.54 Å². The fourth-order valence-corrected chi connectivity index (χ4v) is 1.39. The number of hydrogen-bond donors (Lipinski definition) is 1. The minimum absolute atomic E-state index is 0.788. The number of hydrogen-bond acceptors (Lipinski definition) is 2. The lowest BCUT2D eigenvalue weighted by molar-refractivity contribution is 0.736. The Morgan fingerprint density at radius 1 is 1.50 bits per heavy atom. The number of aromatic nitrogens is 1. The van der Waals surface area contributed by atoms with Crippen molar-refractivity contribution >= 4 is 6.08 Å². The summed E-state index contributed by atoms with van der Waals surface area (Å²) in [6.45, 7) is 3.17. The fraction of sp³-hybridized carbons (Fsp3) is 0.417. The predicted octanol–water partition coefficient (Wildman–Crippen LogP) is 2.24. The summed E-state index contributed by atoms with van der Waals surface area (Å²) in [5, 5.41) is 3.49. The van der Waals surface area contributed by atoms with Gasteiger partial charge in [-0.25, -0.2) is 0 Å². The molecule has 0 unspecified atom stereocenters. The monoisotopic (exact) mass is 188 g/mol. The first-order valence-electron chi connectivity index (χ1n) is 5.15. The van der Waals surface area contributed by atoms with E-state index in [-0.39, 0.29) is 0 Å². The average Bonchev–Trinajstić information content (AvgIpc) is 3.00. The minimum Gasteiger partial charge on any atom is -0.310 e. The summed E-state index contributed by atoms with van der Waals surface area (Å²) in [5.41, 5.74) is 2.61. The summed E-state index contributed by atoms with van der Waals surface area (Å²) >= 11 is 0. The molecule has 0 spiro atoms. The van der Waals surface area contributed by atoms with Crippen LogP contribution in [-0.2, 0) is 0 Å². The Bertz CT molecular complexity index is 312. The molecule has 0 saturated heterocycles. The maximum Gasteiger partial charge on any atom is 0.0273 e. The maximum atomic E-state index is 3.99. The van der Waals surface area contributed by atoms with Crippen molar-refractivity contribution in [2.45, 2.75) is 25.8 Å². The van der Waals surface area contributed by atoms with E-state index in [2.05, 4.69) is 23.3 Å². The number of pyridine rings is 1. The van der Waals surface area contributed by atoms with Gasteiger partial charge in [0.15, 0.2) is 0 Å². The molecule has 1 aromatic heterocycles. The van der Waals surface area contributed by atoms with Crippen molar-refractivity contribution in [3.8, 4) is 0 Å². The molecule has 1 aromatic rings. The highest BCUT2D eigenvalue weighted by atomic mass is 14.9. The van der Waals surface area contributed by atoms with Crippen molar-refractivity contribution in [3.05, 3.63) is 35.7 Å². The van der Waals surface area contributed by atoms with Gasteiger partial charge in [0, 0.05) is 25.0 Å². The third-order valence-corrected chi connectivity index (χ3v) is 2.37. The van der Waals surface area contributed by atoms with Crippen LogP contribution in [-0.4, -0.2) is 17.6 Å². The first-order valence-corrected chi connectivity index (χ1v) is 5.15. The largest absolute Gasteiger partial charge is 0.310 e. The highest BCUT2D eigenvalue weighted by molar-refractivity contribution is 5.51. The van der Waals surface area contributed by atoms with E-state index >= 15 is 0 Å². The Morgan fingerprint density at radius 3 is 2.86 bits per heavy atom. The molecule has 0 bridgehead atoms. The molecule has 0 radical (unpaired) electrons. The highest BCUT2D eigenvalue weighted by Gasteiger charge is 2.19. The van der Waals surface area contributed by atoms with E-state index in [1.807, 2.05) is 24.5 Å². The summed E-state index contributed by atoms with van der Waals surface area (Å²) in [7, 11) is 0. The molecule has 0 amide bonds. The van der Waals surface area contributed by atoms with Gasteiger partial charge in [0.2, 0.25) is 0 Å². The Balaban J connectivity index is 1.88. The van der Waals surface area contributed by atoms with Gasteiger partial charge in [-0.2, -0.15) is 0 Å². The van der Waals surface area contributed by atoms with E-state index in [9.17, 15) is 0 Å². The normalized spacial score (nSPS) is 17.1. The van der Waals surface area contributed by atoms with Gasteiger partial charge in [0.05, 0.1) is 0 Å². The first-order chi connectivity index (χ1) is 6.84. The lowest BCUT2D eigenvalue weighted by Crippen LogP contribution is -2.18. The second kappa shape index (κ2) is 4.38. The third kappa shape index (κ3) is 2.96. The lowest BCUT2D eigenvalue weighted by Gasteiger charge is -2.02. The smallest absolute Gasteiger partial charge is 0.0273 e. The van der Waals surface area contributed by atoms with Crippen LogP contribution in [0, 0.1) is 0 Å². The molecule has 1 aliphatic rings. The second-order valence-electron chi connectivity index (χ2n) is 3.93. The van der Waals surface area contributed by atoms with E-state index in [1.54, 1.807) is 0 Å². The van der Waals surface area contributed by atoms with E-state index in [4.69, 9.17) is 0 Å². The molecule has 1 N–H and O–H groups in total. The van der Waals surface area contributed by atoms with Crippen LogP contribution >= 0.6 is 0 Å². The van der Waals surface area contributed by atoms with E-state index < -0.39 is 0 Å². The highest BCUT2D eigenvalue weighted by Crippen LogP contribution is 2.18. The summed E-state index contributed by atoms with van der Waals surface area (Å²) in [5.74, 6) is 0. The number of nitrogens with one attached hydrogen (secondary N) is 1. The predicted molar refractivity (Wildman–Crippen MR) is 58.9 cm³/mol. The van der Waals surface area contributed by atoms with Crippen LogP contribution in [0.1, 0.15) is 25.3 Å². The van der Waals surface area contributed by atoms with Crippen molar-refractivity contribution in [3.63, 3.8) is 0 Å². The summed E-state index contributed by atoms with van der Waals surface area (Å²) in [6.07, 6.45) is 8.56. The van der Waals surface area contributed by atoms with Crippen LogP contribution in [0.5, 0.6) is 0 Å². The zero-order valence-electron chi connectivity index (χ0n) is 8.53. The Labute approximate surface area is 85.1 Å². The number of nitrogens with zero attached hydrogens (tertiary/aromatic N) is 1. The molecule has 0 aromatic carbocycles. The van der Waals surface area contributed by atoms with Crippen molar-refractivity contribution in [1.29, 1.82) is 0 Å². The standard InChI is InChI=1S/C12H16N2/c1-10(9-14-12-2-3-12)8-11-4-6-13-7-5-11/h4-8,12,14H,2-3,9H2,1H3. The third-order valence-electron chi connectivity index (χ3n) is 2.37. The van der Waals surface area contributed by atoms with Crippen LogP contribution in [0.4, 0.5) is 0 Å². The molecule has 14 heavy (non-hydrogen) atoms. The molecular formula is C12H16N2. The molecule has 0 atom stereocenters. The molecule has 1 heterocycles. The van der Waals surface area contributed by atoms with Gasteiger partial charge in [-0.1, -0.05) is 11.6 Å².